The van der Waals surface area contributed by atoms with E-state index >= 15 is 0 Å². The predicted octanol–water partition coefficient (Wildman–Crippen LogP) is -9.41. The molecule has 0 aromatic carbocycles. The van der Waals surface area contributed by atoms with Crippen molar-refractivity contribution in [3.05, 3.63) is 0 Å². The Morgan fingerprint density at radius 3 is 1.23 bits per heavy atom. The number of alkyl carbamates (subject to hydrolysis) is 1. The summed E-state index contributed by atoms with van der Waals surface area (Å²) < 4.78 is 36.2. The molecule has 3 amide bonds. The van der Waals surface area contributed by atoms with Crippen LogP contribution in [0.1, 0.15) is 20.8 Å². The highest BCUT2D eigenvalue weighted by atomic mass is 32.2. The topological polar surface area (TPSA) is 438 Å². The standard InChI is InChI=1S/C35H62N4O24S2/c1-35(2,3)63-34(56)38-6-9-39(7-4-36-12(40)10-64-32-22(50)16(44)24(28(54)61-32)57-30-20(48)14(42)18(46)26(52)59-30)8-5-37-13(41)11-65-33-23(51)17(45)25(29(55)62-33)58-31-21(49)15(43)19(47)27(53)60-31/h14-33,42-55H,4-11H2,1-3H3,(H,36,40)(H,37,41)(H,38,56)/t14-,15-,16+,17+,18+,19+,20+,21+,22+,23+,24+,25+,26-,27-,28-,29-,30?,31?,32-,33-/m0/s1. The summed E-state index contributed by atoms with van der Waals surface area (Å²) in [7, 11) is 0. The molecule has 4 aliphatic rings. The SMILES string of the molecule is CC(C)(C)OC(=O)NCCN(CCNC(=O)CS[C@@H]1O[C@H](O)[C@H](OC2O[C@H](O)[C@H](O)[C@H](O)[C@H]2O)[C@H](O)[C@H]1O)CCNC(=O)CS[C@@H]1O[C@H](O)[C@H](OC2O[C@H](O)[C@H](O)[C@H](O)[C@H]2O)[C@H](O)[C@H]1O. The zero-order valence-electron chi connectivity index (χ0n) is 35.3. The predicted molar refractivity (Wildman–Crippen MR) is 215 cm³/mol. The van der Waals surface area contributed by atoms with Crippen molar-refractivity contribution in [3.63, 3.8) is 0 Å². The Labute approximate surface area is 379 Å². The Morgan fingerprint density at radius 1 is 0.492 bits per heavy atom. The number of aliphatic hydroxyl groups excluding tert-OH is 14. The average molecular weight is 987 g/mol. The number of ether oxygens (including phenoxy) is 7. The molecule has 0 aromatic rings. The second kappa shape index (κ2) is 25.1. The maximum Gasteiger partial charge on any atom is 0.407 e. The molecule has 0 spiro atoms. The summed E-state index contributed by atoms with van der Waals surface area (Å²) in [6, 6.07) is 0. The third-order valence-electron chi connectivity index (χ3n) is 10.1. The third kappa shape index (κ3) is 15.8. The van der Waals surface area contributed by atoms with Crippen molar-refractivity contribution in [2.75, 3.05) is 50.8 Å². The second-order valence-corrected chi connectivity index (χ2v) is 18.5. The maximum atomic E-state index is 12.8. The van der Waals surface area contributed by atoms with Crippen LogP contribution in [0.2, 0.25) is 0 Å². The van der Waals surface area contributed by atoms with E-state index in [-0.39, 0.29) is 50.8 Å². The van der Waals surface area contributed by atoms with Crippen molar-refractivity contribution in [1.82, 2.24) is 20.9 Å². The van der Waals surface area contributed by atoms with Crippen molar-refractivity contribution in [3.8, 4) is 0 Å². The van der Waals surface area contributed by atoms with Crippen molar-refractivity contribution < 1.29 is 119 Å². The third-order valence-corrected chi connectivity index (χ3v) is 12.4. The average Bonchev–Trinajstić information content (AvgIpc) is 3.23. The van der Waals surface area contributed by atoms with Crippen LogP contribution in [0, 0.1) is 0 Å². The van der Waals surface area contributed by atoms with Gasteiger partial charge in [0.15, 0.2) is 37.7 Å². The van der Waals surface area contributed by atoms with Crippen LogP contribution in [-0.4, -0.2) is 273 Å². The lowest BCUT2D eigenvalue weighted by atomic mass is 10.0. The summed E-state index contributed by atoms with van der Waals surface area (Å²) in [6.07, 6.45) is -34.4. The van der Waals surface area contributed by atoms with Gasteiger partial charge in [-0.2, -0.15) is 0 Å². The highest BCUT2D eigenvalue weighted by Crippen LogP contribution is 2.33. The molecule has 4 saturated heterocycles. The fourth-order valence-corrected chi connectivity index (χ4v) is 8.43. The molecule has 28 nitrogen and oxygen atoms in total. The summed E-state index contributed by atoms with van der Waals surface area (Å²) in [6.45, 7) is 5.85. The van der Waals surface area contributed by atoms with Gasteiger partial charge in [0.05, 0.1) is 11.5 Å². The first kappa shape index (κ1) is 55.7. The van der Waals surface area contributed by atoms with Crippen molar-refractivity contribution in [1.29, 1.82) is 0 Å². The van der Waals surface area contributed by atoms with Crippen LogP contribution in [0.3, 0.4) is 0 Å². The quantitative estimate of drug-likeness (QED) is 0.0571. The van der Waals surface area contributed by atoms with E-state index in [0.717, 1.165) is 0 Å². The summed E-state index contributed by atoms with van der Waals surface area (Å²) in [5, 5.41) is 150. The molecular weight excluding hydrogens is 925 g/mol. The van der Waals surface area contributed by atoms with Gasteiger partial charge >= 0.3 is 6.09 Å². The molecule has 4 fully saturated rings. The van der Waals surface area contributed by atoms with E-state index in [4.69, 9.17) is 33.2 Å². The van der Waals surface area contributed by atoms with Gasteiger partial charge in [0.25, 0.3) is 0 Å². The summed E-state index contributed by atoms with van der Waals surface area (Å²) in [5.74, 6) is -1.77. The van der Waals surface area contributed by atoms with Gasteiger partial charge in [-0.3, -0.25) is 14.5 Å². The number of thioether (sulfide) groups is 2. The first-order chi connectivity index (χ1) is 30.4. The van der Waals surface area contributed by atoms with Crippen molar-refractivity contribution in [2.45, 2.75) is 148 Å². The van der Waals surface area contributed by atoms with E-state index in [1.54, 1.807) is 25.7 Å². The van der Waals surface area contributed by atoms with Gasteiger partial charge in [-0.25, -0.2) is 4.79 Å². The molecule has 2 unspecified atom stereocenters. The number of hydrogen-bond donors (Lipinski definition) is 17. The fourth-order valence-electron chi connectivity index (χ4n) is 6.50. The molecule has 0 bridgehead atoms. The van der Waals surface area contributed by atoms with E-state index in [2.05, 4.69) is 16.0 Å². The highest BCUT2D eigenvalue weighted by molar-refractivity contribution is 8.00. The smallest absolute Gasteiger partial charge is 0.407 e. The molecular formula is C35H62N4O24S2. The Kier molecular flexibility index (Phi) is 21.5. The maximum absolute atomic E-state index is 12.8. The Hall–Kier alpha value is -1.93. The van der Waals surface area contributed by atoms with Gasteiger partial charge in [-0.1, -0.05) is 0 Å². The van der Waals surface area contributed by atoms with Gasteiger partial charge in [0.1, 0.15) is 89.7 Å². The molecule has 0 saturated carbocycles. The lowest BCUT2D eigenvalue weighted by molar-refractivity contribution is -0.376. The van der Waals surface area contributed by atoms with Crippen molar-refractivity contribution >= 4 is 41.4 Å². The Morgan fingerprint density at radius 2 is 0.862 bits per heavy atom. The molecule has 30 heteroatoms. The van der Waals surface area contributed by atoms with Crippen LogP contribution in [0.15, 0.2) is 0 Å². The second-order valence-electron chi connectivity index (χ2n) is 16.3. The number of amides is 3. The number of carbonyl (C=O) groups excluding carboxylic acids is 3. The van der Waals surface area contributed by atoms with E-state index < -0.39 is 145 Å². The van der Waals surface area contributed by atoms with Crippen LogP contribution < -0.4 is 16.0 Å². The van der Waals surface area contributed by atoms with Crippen LogP contribution >= 0.6 is 23.5 Å². The molecule has 4 heterocycles. The molecule has 65 heavy (non-hydrogen) atoms. The summed E-state index contributed by atoms with van der Waals surface area (Å²) in [5.41, 5.74) is -3.47. The minimum absolute atomic E-state index is 0.0439. The van der Waals surface area contributed by atoms with E-state index in [1.165, 1.54) is 0 Å². The molecule has 0 radical (unpaired) electrons. The number of aliphatic hydroxyl groups is 14. The van der Waals surface area contributed by atoms with Gasteiger partial charge in [0.2, 0.25) is 11.8 Å². The monoisotopic (exact) mass is 986 g/mol. The number of nitrogens with one attached hydrogen (secondary N) is 3. The number of nitrogens with zero attached hydrogens (tertiary/aromatic N) is 1. The van der Waals surface area contributed by atoms with E-state index in [1.807, 2.05) is 0 Å². The zero-order chi connectivity index (χ0) is 48.5. The molecule has 378 valence electrons. The normalized spacial score (nSPS) is 40.3. The molecule has 0 aliphatic carbocycles. The lowest BCUT2D eigenvalue weighted by Crippen LogP contribution is -2.63. The molecule has 17 N–H and O–H groups in total. The molecule has 0 aromatic heterocycles. The molecule has 4 rings (SSSR count). The molecule has 4 aliphatic heterocycles. The van der Waals surface area contributed by atoms with Crippen LogP contribution in [-0.2, 0) is 42.7 Å². The number of carbonyl (C=O) groups is 3. The molecule has 20 atom stereocenters. The first-order valence-corrected chi connectivity index (χ1v) is 22.4. The van der Waals surface area contributed by atoms with E-state index in [9.17, 15) is 85.9 Å². The Bertz CT molecular complexity index is 1420. The number of hydrogen-bond acceptors (Lipinski definition) is 27. The minimum atomic E-state index is -1.98. The lowest BCUT2D eigenvalue weighted by Gasteiger charge is -2.44. The zero-order valence-corrected chi connectivity index (χ0v) is 36.9. The van der Waals surface area contributed by atoms with Crippen LogP contribution in [0.25, 0.3) is 0 Å². The first-order valence-electron chi connectivity index (χ1n) is 20.3. The summed E-state index contributed by atoms with van der Waals surface area (Å²) >= 11 is 1.43. The Balaban J connectivity index is 1.21. The van der Waals surface area contributed by atoms with Crippen LogP contribution in [0.5, 0.6) is 0 Å². The van der Waals surface area contributed by atoms with Gasteiger partial charge < -0.3 is 121 Å². The highest BCUT2D eigenvalue weighted by Gasteiger charge is 2.52. The summed E-state index contributed by atoms with van der Waals surface area (Å²) in [4.78, 5) is 39.5. The van der Waals surface area contributed by atoms with Gasteiger partial charge in [-0.15, -0.1) is 23.5 Å². The minimum Gasteiger partial charge on any atom is -0.444 e. The van der Waals surface area contributed by atoms with Crippen molar-refractivity contribution in [2.24, 2.45) is 0 Å². The van der Waals surface area contributed by atoms with Gasteiger partial charge in [-0.05, 0) is 20.8 Å². The number of rotatable bonds is 19. The fraction of sp³-hybridized carbons (Fsp3) is 0.914. The van der Waals surface area contributed by atoms with E-state index in [0.29, 0.717) is 23.5 Å². The van der Waals surface area contributed by atoms with Gasteiger partial charge in [0, 0.05) is 39.3 Å². The van der Waals surface area contributed by atoms with Crippen LogP contribution in [0.4, 0.5) is 4.79 Å². The largest absolute Gasteiger partial charge is 0.444 e.